The molecule has 1 aliphatic rings. The smallest absolute Gasteiger partial charge is 0.234 e. The predicted molar refractivity (Wildman–Crippen MR) is 136 cm³/mol. The van der Waals surface area contributed by atoms with E-state index in [0.717, 1.165) is 12.8 Å². The summed E-state index contributed by atoms with van der Waals surface area (Å²) in [5.41, 5.74) is 3.11. The van der Waals surface area contributed by atoms with Crippen molar-refractivity contribution in [2.24, 2.45) is 5.14 Å². The fourth-order valence-electron chi connectivity index (χ4n) is 4.31. The van der Waals surface area contributed by atoms with E-state index in [1.54, 1.807) is 50.2 Å². The van der Waals surface area contributed by atoms with Gasteiger partial charge in [-0.2, -0.15) is 0 Å². The van der Waals surface area contributed by atoms with Crippen LogP contribution in [0.3, 0.4) is 0 Å². The fourth-order valence-corrected chi connectivity index (χ4v) is 7.25. The molecule has 10 heteroatoms. The molecule has 0 spiro atoms. The molecule has 0 aromatic heterocycles. The van der Waals surface area contributed by atoms with E-state index < -0.39 is 20.0 Å². The number of aryl methyl sites for hydroxylation is 1. The summed E-state index contributed by atoms with van der Waals surface area (Å²) in [6, 6.07) is 12.7. The largest absolute Gasteiger partial charge is 0.269 e. The van der Waals surface area contributed by atoms with Crippen molar-refractivity contribution in [1.29, 1.82) is 0 Å². The Balaban J connectivity index is 2.09. The lowest BCUT2D eigenvalue weighted by Gasteiger charge is -2.30. The maximum absolute atomic E-state index is 14.4. The highest BCUT2D eigenvalue weighted by Gasteiger charge is 2.34. The van der Waals surface area contributed by atoms with Gasteiger partial charge in [0.1, 0.15) is 0 Å². The van der Waals surface area contributed by atoms with Crippen LogP contribution in [0.5, 0.6) is 0 Å². The maximum atomic E-state index is 14.4. The van der Waals surface area contributed by atoms with Gasteiger partial charge in [-0.3, -0.25) is 0 Å². The molecule has 0 aliphatic heterocycles. The molecule has 0 bridgehead atoms. The Morgan fingerprint density at radius 1 is 0.824 bits per heavy atom. The molecule has 34 heavy (non-hydrogen) atoms. The number of anilines is 2. The summed E-state index contributed by atoms with van der Waals surface area (Å²) in [5, 5.41) is 6.22. The highest BCUT2D eigenvalue weighted by molar-refractivity contribution is 7.93. The molecule has 0 radical (unpaired) electrons. The van der Waals surface area contributed by atoms with Crippen LogP contribution in [0.2, 0.25) is 10.0 Å². The van der Waals surface area contributed by atoms with Crippen molar-refractivity contribution in [3.63, 3.8) is 0 Å². The van der Waals surface area contributed by atoms with Gasteiger partial charge in [0, 0.05) is 10.0 Å². The lowest BCUT2D eigenvalue weighted by atomic mass is 9.92. The number of sulfonamides is 2. The van der Waals surface area contributed by atoms with E-state index >= 15 is 0 Å². The predicted octanol–water partition coefficient (Wildman–Crippen LogP) is 5.66. The zero-order valence-electron chi connectivity index (χ0n) is 18.7. The van der Waals surface area contributed by atoms with Crippen LogP contribution in [0.15, 0.2) is 58.3 Å². The number of nitrogens with zero attached hydrogens (tertiary/aromatic N) is 1. The van der Waals surface area contributed by atoms with Crippen molar-refractivity contribution >= 4 is 54.6 Å². The van der Waals surface area contributed by atoms with Crippen molar-refractivity contribution < 1.29 is 16.8 Å². The zero-order valence-corrected chi connectivity index (χ0v) is 21.8. The molecule has 0 fully saturated rings. The standard InChI is InChI=1S/C24H24Cl2N2O4S2/c1-15-20(25)9-5-11-22(15)28(23-12-6-10-21(26)16(23)2)34(31,32)24-14-18(33(27,29)30)13-17-7-3-4-8-19(17)24/h5-6,9-14H,3-4,7-8H2,1-2H3,(H2,27,29,30). The highest BCUT2D eigenvalue weighted by atomic mass is 35.5. The minimum Gasteiger partial charge on any atom is -0.234 e. The van der Waals surface area contributed by atoms with Crippen LogP contribution in [0.1, 0.15) is 35.1 Å². The first kappa shape index (κ1) is 25.0. The van der Waals surface area contributed by atoms with Crippen molar-refractivity contribution in [3.05, 3.63) is 80.8 Å². The van der Waals surface area contributed by atoms with Crippen LogP contribution >= 0.6 is 23.2 Å². The van der Waals surface area contributed by atoms with E-state index in [9.17, 15) is 16.8 Å². The molecule has 2 N–H and O–H groups in total. The van der Waals surface area contributed by atoms with Crippen LogP contribution in [0.4, 0.5) is 11.4 Å². The van der Waals surface area contributed by atoms with Gasteiger partial charge in [0.05, 0.1) is 21.2 Å². The van der Waals surface area contributed by atoms with E-state index in [0.29, 0.717) is 56.5 Å². The lowest BCUT2D eigenvalue weighted by Crippen LogP contribution is -2.30. The summed E-state index contributed by atoms with van der Waals surface area (Å²) in [5.74, 6) is 0. The molecular weight excluding hydrogens is 515 g/mol. The normalized spacial score (nSPS) is 14.0. The second kappa shape index (κ2) is 9.17. The van der Waals surface area contributed by atoms with E-state index in [2.05, 4.69) is 0 Å². The number of fused-ring (bicyclic) bond motifs is 1. The third kappa shape index (κ3) is 4.45. The first-order valence-corrected chi connectivity index (χ1v) is 14.4. The number of hydrogen-bond donors (Lipinski definition) is 1. The molecule has 0 amide bonds. The van der Waals surface area contributed by atoms with Gasteiger partial charge in [-0.1, -0.05) is 35.3 Å². The Kier molecular flexibility index (Phi) is 6.74. The Morgan fingerprint density at radius 3 is 1.88 bits per heavy atom. The van der Waals surface area contributed by atoms with E-state index in [-0.39, 0.29) is 9.79 Å². The van der Waals surface area contributed by atoms with E-state index in [4.69, 9.17) is 28.3 Å². The fraction of sp³-hybridized carbons (Fsp3) is 0.250. The molecule has 0 saturated carbocycles. The van der Waals surface area contributed by atoms with Gasteiger partial charge in [-0.25, -0.2) is 26.3 Å². The lowest BCUT2D eigenvalue weighted by molar-refractivity contribution is 0.589. The summed E-state index contributed by atoms with van der Waals surface area (Å²) in [4.78, 5) is -0.301. The van der Waals surface area contributed by atoms with Gasteiger partial charge in [0.15, 0.2) is 0 Å². The third-order valence-electron chi connectivity index (χ3n) is 6.16. The Hall–Kier alpha value is -2.10. The molecule has 3 aromatic carbocycles. The summed E-state index contributed by atoms with van der Waals surface area (Å²) in [7, 11) is -8.44. The highest BCUT2D eigenvalue weighted by Crippen LogP contribution is 2.42. The van der Waals surface area contributed by atoms with Gasteiger partial charge in [-0.05, 0) is 98.2 Å². The van der Waals surface area contributed by atoms with E-state index in [1.165, 1.54) is 16.4 Å². The number of nitrogens with two attached hydrogens (primary N) is 1. The average molecular weight is 540 g/mol. The van der Waals surface area contributed by atoms with Crippen LogP contribution in [0, 0.1) is 13.8 Å². The summed E-state index contributed by atoms with van der Waals surface area (Å²) in [6.07, 6.45) is 2.74. The van der Waals surface area contributed by atoms with Gasteiger partial charge < -0.3 is 0 Å². The quantitative estimate of drug-likeness (QED) is 0.452. The molecule has 4 rings (SSSR count). The second-order valence-electron chi connectivity index (χ2n) is 8.35. The number of benzene rings is 3. The Bertz CT molecular complexity index is 1450. The maximum Gasteiger partial charge on any atom is 0.269 e. The molecular formula is C24H24Cl2N2O4S2. The minimum absolute atomic E-state index is 0.0764. The second-order valence-corrected chi connectivity index (χ2v) is 12.5. The molecule has 1 aliphatic carbocycles. The Labute approximate surface area is 210 Å². The SMILES string of the molecule is Cc1c(Cl)cccc1N(c1cccc(Cl)c1C)S(=O)(=O)c1cc(S(N)(=O)=O)cc2c1CCCC2. The average Bonchev–Trinajstić information content (AvgIpc) is 2.78. The molecule has 0 unspecified atom stereocenters. The molecule has 3 aromatic rings. The third-order valence-corrected chi connectivity index (χ3v) is 9.67. The molecule has 180 valence electrons. The minimum atomic E-state index is -4.31. The monoisotopic (exact) mass is 538 g/mol. The van der Waals surface area contributed by atoms with Crippen molar-refractivity contribution in [1.82, 2.24) is 0 Å². The number of rotatable bonds is 5. The number of primary sulfonamides is 1. The zero-order chi connectivity index (χ0) is 24.8. The van der Waals surface area contributed by atoms with Gasteiger partial charge >= 0.3 is 0 Å². The van der Waals surface area contributed by atoms with Crippen molar-refractivity contribution in [2.45, 2.75) is 49.3 Å². The van der Waals surface area contributed by atoms with Crippen molar-refractivity contribution in [3.8, 4) is 0 Å². The van der Waals surface area contributed by atoms with Gasteiger partial charge in [0.25, 0.3) is 10.0 Å². The number of halogens is 2. The van der Waals surface area contributed by atoms with E-state index in [1.807, 2.05) is 0 Å². The van der Waals surface area contributed by atoms with Gasteiger partial charge in [-0.15, -0.1) is 0 Å². The van der Waals surface area contributed by atoms with Crippen molar-refractivity contribution in [2.75, 3.05) is 4.31 Å². The van der Waals surface area contributed by atoms with Crippen LogP contribution < -0.4 is 9.44 Å². The molecule has 0 heterocycles. The molecule has 0 saturated heterocycles. The number of hydrogen-bond acceptors (Lipinski definition) is 4. The first-order chi connectivity index (χ1) is 15.9. The van der Waals surface area contributed by atoms with Crippen LogP contribution in [-0.4, -0.2) is 16.8 Å². The molecule has 0 atom stereocenters. The summed E-state index contributed by atoms with van der Waals surface area (Å²) < 4.78 is 54.5. The first-order valence-electron chi connectivity index (χ1n) is 10.7. The summed E-state index contributed by atoms with van der Waals surface area (Å²) in [6.45, 7) is 3.46. The van der Waals surface area contributed by atoms with Crippen LogP contribution in [0.25, 0.3) is 0 Å². The van der Waals surface area contributed by atoms with Gasteiger partial charge in [0.2, 0.25) is 10.0 Å². The topological polar surface area (TPSA) is 97.5 Å². The Morgan fingerprint density at radius 2 is 1.35 bits per heavy atom. The summed E-state index contributed by atoms with van der Waals surface area (Å²) >= 11 is 12.7. The van der Waals surface area contributed by atoms with Crippen LogP contribution in [-0.2, 0) is 32.9 Å². The molecule has 6 nitrogen and oxygen atoms in total.